The van der Waals surface area contributed by atoms with E-state index in [9.17, 15) is 4.79 Å². The summed E-state index contributed by atoms with van der Waals surface area (Å²) in [6.07, 6.45) is 3.65. The van der Waals surface area contributed by atoms with Gasteiger partial charge in [-0.3, -0.25) is 0 Å². The van der Waals surface area contributed by atoms with Crippen molar-refractivity contribution in [1.82, 2.24) is 4.57 Å². The molecule has 0 fully saturated rings. The van der Waals surface area contributed by atoms with Crippen molar-refractivity contribution >= 4 is 17.0 Å². The molecule has 0 unspecified atom stereocenters. The molecule has 82 valence electrons. The lowest BCUT2D eigenvalue weighted by atomic mass is 9.94. The molecule has 0 aliphatic rings. The van der Waals surface area contributed by atoms with Crippen molar-refractivity contribution in [3.63, 3.8) is 0 Å². The van der Waals surface area contributed by atoms with E-state index in [0.717, 1.165) is 10.9 Å². The van der Waals surface area contributed by atoms with Gasteiger partial charge in [-0.05, 0) is 43.0 Å². The highest BCUT2D eigenvalue weighted by Gasteiger charge is 2.19. The zero-order chi connectivity index (χ0) is 11.8. The van der Waals surface area contributed by atoms with Crippen molar-refractivity contribution in [2.24, 2.45) is 12.0 Å². The number of isocyanates is 1. The number of hydrogen-bond acceptors (Lipinski definition) is 2. The van der Waals surface area contributed by atoms with Gasteiger partial charge in [-0.15, -0.1) is 0 Å². The van der Waals surface area contributed by atoms with Crippen LogP contribution in [0.2, 0.25) is 0 Å². The summed E-state index contributed by atoms with van der Waals surface area (Å²) >= 11 is 0. The van der Waals surface area contributed by atoms with E-state index in [1.807, 2.05) is 39.2 Å². The zero-order valence-corrected chi connectivity index (χ0v) is 9.69. The van der Waals surface area contributed by atoms with Gasteiger partial charge >= 0.3 is 0 Å². The Morgan fingerprint density at radius 1 is 1.31 bits per heavy atom. The number of fused-ring (bicyclic) bond motifs is 1. The molecule has 0 saturated carbocycles. The Kier molecular flexibility index (Phi) is 2.41. The van der Waals surface area contributed by atoms with E-state index in [1.54, 1.807) is 6.08 Å². The van der Waals surface area contributed by atoms with E-state index >= 15 is 0 Å². The minimum Gasteiger partial charge on any atom is -0.351 e. The first-order chi connectivity index (χ1) is 7.54. The third kappa shape index (κ3) is 1.66. The lowest BCUT2D eigenvalue weighted by molar-refractivity contribution is 0.523. The largest absolute Gasteiger partial charge is 0.351 e. The molecule has 16 heavy (non-hydrogen) atoms. The second-order valence-corrected chi connectivity index (χ2v) is 4.46. The van der Waals surface area contributed by atoms with Crippen LogP contribution in [0.1, 0.15) is 19.4 Å². The lowest BCUT2D eigenvalue weighted by Crippen LogP contribution is -2.13. The Labute approximate surface area is 94.4 Å². The maximum absolute atomic E-state index is 10.4. The third-order valence-corrected chi connectivity index (χ3v) is 2.92. The minimum absolute atomic E-state index is 0.508. The number of benzene rings is 1. The van der Waals surface area contributed by atoms with Gasteiger partial charge in [0.05, 0.1) is 5.54 Å². The molecule has 2 aromatic rings. The topological polar surface area (TPSA) is 34.4 Å². The van der Waals surface area contributed by atoms with Crippen molar-refractivity contribution in [2.45, 2.75) is 19.4 Å². The molecule has 2 rings (SSSR count). The van der Waals surface area contributed by atoms with E-state index in [-0.39, 0.29) is 0 Å². The van der Waals surface area contributed by atoms with Crippen LogP contribution in [0.3, 0.4) is 0 Å². The summed E-state index contributed by atoms with van der Waals surface area (Å²) in [5.74, 6) is 0. The lowest BCUT2D eigenvalue weighted by Gasteiger charge is -2.17. The van der Waals surface area contributed by atoms with Crippen LogP contribution in [-0.2, 0) is 17.4 Å². The Morgan fingerprint density at radius 3 is 2.75 bits per heavy atom. The summed E-state index contributed by atoms with van der Waals surface area (Å²) in [5, 5.41) is 1.16. The van der Waals surface area contributed by atoms with Crippen LogP contribution in [0.25, 0.3) is 10.9 Å². The standard InChI is InChI=1S/C13H14N2O/c1-13(2,14-9-16)11-4-5-12-10(8-11)6-7-15(12)3/h4-8H,1-3H3. The van der Waals surface area contributed by atoms with E-state index in [4.69, 9.17) is 0 Å². The van der Waals surface area contributed by atoms with Crippen molar-refractivity contribution in [3.8, 4) is 0 Å². The minimum atomic E-state index is -0.508. The van der Waals surface area contributed by atoms with E-state index < -0.39 is 5.54 Å². The predicted octanol–water partition coefficient (Wildman–Crippen LogP) is 2.75. The van der Waals surface area contributed by atoms with Crippen molar-refractivity contribution in [3.05, 3.63) is 36.0 Å². The number of carbonyl (C=O) groups excluding carboxylic acids is 1. The molecule has 0 aliphatic carbocycles. The Hall–Kier alpha value is -1.86. The van der Waals surface area contributed by atoms with E-state index in [2.05, 4.69) is 21.7 Å². The maximum Gasteiger partial charge on any atom is 0.235 e. The fourth-order valence-corrected chi connectivity index (χ4v) is 1.84. The number of aryl methyl sites for hydroxylation is 1. The van der Waals surface area contributed by atoms with Crippen molar-refractivity contribution in [1.29, 1.82) is 0 Å². The van der Waals surface area contributed by atoms with Crippen LogP contribution < -0.4 is 0 Å². The van der Waals surface area contributed by atoms with E-state index in [1.165, 1.54) is 5.52 Å². The summed E-state index contributed by atoms with van der Waals surface area (Å²) in [6, 6.07) is 8.17. The second kappa shape index (κ2) is 3.62. The summed E-state index contributed by atoms with van der Waals surface area (Å²) in [7, 11) is 2.01. The summed E-state index contributed by atoms with van der Waals surface area (Å²) in [6.45, 7) is 3.81. The molecule has 0 saturated heterocycles. The molecule has 1 heterocycles. The summed E-state index contributed by atoms with van der Waals surface area (Å²) in [5.41, 5.74) is 1.69. The van der Waals surface area contributed by atoms with Crippen LogP contribution in [-0.4, -0.2) is 10.6 Å². The Bertz CT molecular complexity index is 575. The third-order valence-electron chi connectivity index (χ3n) is 2.92. The first-order valence-electron chi connectivity index (χ1n) is 5.19. The highest BCUT2D eigenvalue weighted by atomic mass is 16.1. The van der Waals surface area contributed by atoms with Crippen LogP contribution in [0.15, 0.2) is 35.5 Å². The van der Waals surface area contributed by atoms with Gasteiger partial charge < -0.3 is 4.57 Å². The normalized spacial score (nSPS) is 11.4. The van der Waals surface area contributed by atoms with Gasteiger partial charge in [0.15, 0.2) is 0 Å². The van der Waals surface area contributed by atoms with Gasteiger partial charge in [-0.2, -0.15) is 4.99 Å². The molecule has 3 heteroatoms. The van der Waals surface area contributed by atoms with Crippen molar-refractivity contribution in [2.75, 3.05) is 0 Å². The second-order valence-electron chi connectivity index (χ2n) is 4.46. The van der Waals surface area contributed by atoms with Gasteiger partial charge in [0, 0.05) is 18.8 Å². The Morgan fingerprint density at radius 2 is 2.06 bits per heavy atom. The Balaban J connectivity index is 2.59. The smallest absolute Gasteiger partial charge is 0.235 e. The maximum atomic E-state index is 10.4. The summed E-state index contributed by atoms with van der Waals surface area (Å²) < 4.78 is 2.06. The fraction of sp³-hybridized carbons (Fsp3) is 0.308. The number of rotatable bonds is 2. The average molecular weight is 214 g/mol. The number of hydrogen-bond donors (Lipinski definition) is 0. The molecule has 0 radical (unpaired) electrons. The van der Waals surface area contributed by atoms with Crippen LogP contribution in [0, 0.1) is 0 Å². The zero-order valence-electron chi connectivity index (χ0n) is 9.69. The van der Waals surface area contributed by atoms with Gasteiger partial charge in [0.1, 0.15) is 0 Å². The van der Waals surface area contributed by atoms with Crippen LogP contribution >= 0.6 is 0 Å². The molecule has 3 nitrogen and oxygen atoms in total. The molecule has 0 bridgehead atoms. The quantitative estimate of drug-likeness (QED) is 0.559. The molecule has 0 N–H and O–H groups in total. The molecule has 1 aromatic carbocycles. The van der Waals surface area contributed by atoms with Gasteiger partial charge in [-0.1, -0.05) is 6.07 Å². The number of aliphatic imine (C=N–C) groups is 1. The number of nitrogens with zero attached hydrogens (tertiary/aromatic N) is 2. The predicted molar refractivity (Wildman–Crippen MR) is 64.1 cm³/mol. The molecule has 0 spiro atoms. The fourth-order valence-electron chi connectivity index (χ4n) is 1.84. The average Bonchev–Trinajstić information content (AvgIpc) is 2.60. The SMILES string of the molecule is Cn1ccc2cc(C(C)(C)N=C=O)ccc21. The number of aromatic nitrogens is 1. The molecular formula is C13H14N2O. The van der Waals surface area contributed by atoms with Gasteiger partial charge in [-0.25, -0.2) is 4.79 Å². The first kappa shape index (κ1) is 10.7. The van der Waals surface area contributed by atoms with E-state index in [0.29, 0.717) is 0 Å². The first-order valence-corrected chi connectivity index (χ1v) is 5.19. The highest BCUT2D eigenvalue weighted by molar-refractivity contribution is 5.81. The molecule has 0 aliphatic heterocycles. The van der Waals surface area contributed by atoms with Crippen LogP contribution in [0.5, 0.6) is 0 Å². The monoisotopic (exact) mass is 214 g/mol. The van der Waals surface area contributed by atoms with Crippen LogP contribution in [0.4, 0.5) is 0 Å². The highest BCUT2D eigenvalue weighted by Crippen LogP contribution is 2.27. The van der Waals surface area contributed by atoms with Crippen molar-refractivity contribution < 1.29 is 4.79 Å². The summed E-state index contributed by atoms with van der Waals surface area (Å²) in [4.78, 5) is 14.2. The molecule has 1 aromatic heterocycles. The molecule has 0 atom stereocenters. The molecular weight excluding hydrogens is 200 g/mol. The van der Waals surface area contributed by atoms with Gasteiger partial charge in [0.25, 0.3) is 0 Å². The molecule has 0 amide bonds. The van der Waals surface area contributed by atoms with Gasteiger partial charge in [0.2, 0.25) is 6.08 Å².